The molecule has 6 unspecified atom stereocenters. The van der Waals surface area contributed by atoms with Crippen molar-refractivity contribution in [2.45, 2.75) is 117 Å². The fourth-order valence-electron chi connectivity index (χ4n) is 5.97. The number of pyridine rings is 1. The van der Waals surface area contributed by atoms with Gasteiger partial charge in [-0.25, -0.2) is 14.6 Å². The van der Waals surface area contributed by atoms with E-state index in [2.05, 4.69) is 38.9 Å². The van der Waals surface area contributed by atoms with Crippen molar-refractivity contribution in [1.82, 2.24) is 26.3 Å². The van der Waals surface area contributed by atoms with Crippen LogP contribution in [0.5, 0.6) is 0 Å². The van der Waals surface area contributed by atoms with Crippen molar-refractivity contribution in [3.63, 3.8) is 0 Å². The average molecular weight is 714 g/mol. The number of rotatable bonds is 19. The minimum Gasteiger partial charge on any atom is -0.332 e. The van der Waals surface area contributed by atoms with E-state index in [9.17, 15) is 19.2 Å². The zero-order chi connectivity index (χ0) is 31.9. The van der Waals surface area contributed by atoms with Crippen LogP contribution in [0.25, 0.3) is 0 Å². The van der Waals surface area contributed by atoms with Crippen molar-refractivity contribution in [2.24, 2.45) is 0 Å². The van der Waals surface area contributed by atoms with Gasteiger partial charge in [-0.3, -0.25) is 9.59 Å². The molecule has 0 aromatic carbocycles. The van der Waals surface area contributed by atoms with Crippen LogP contribution in [0.2, 0.25) is 0 Å². The summed E-state index contributed by atoms with van der Waals surface area (Å²) in [7, 11) is 3.43. The Labute approximate surface area is 289 Å². The van der Waals surface area contributed by atoms with Gasteiger partial charge in [0.15, 0.2) is 0 Å². The Morgan fingerprint density at radius 1 is 0.778 bits per heavy atom. The minimum absolute atomic E-state index is 0.0257. The van der Waals surface area contributed by atoms with Crippen LogP contribution in [0.4, 0.5) is 9.59 Å². The predicted molar refractivity (Wildman–Crippen MR) is 193 cm³/mol. The van der Waals surface area contributed by atoms with Gasteiger partial charge in [0.2, 0.25) is 0 Å². The molecule has 0 radical (unpaired) electrons. The molecule has 4 N–H and O–H groups in total. The quantitative estimate of drug-likeness (QED) is 0.0516. The van der Waals surface area contributed by atoms with Crippen LogP contribution in [0.1, 0.15) is 77.0 Å². The van der Waals surface area contributed by atoms with Crippen molar-refractivity contribution >= 4 is 81.4 Å². The van der Waals surface area contributed by atoms with E-state index in [0.29, 0.717) is 59.8 Å². The predicted octanol–water partition coefficient (Wildman–Crippen LogP) is 5.89. The number of ketones is 2. The minimum atomic E-state index is -0.0282. The van der Waals surface area contributed by atoms with E-state index in [1.165, 1.54) is 0 Å². The molecule has 14 heteroatoms. The standard InChI is InChI=1S/C18H25N3O2S3.C13H22N2O2S2/c22-13(7-5-11-25-26-16-9-3-4-10-19-16)6-1-2-8-15-17-14(12-24-15)20-18(23)21-17;16-9(5-3-7-18)4-1-2-6-11-12-10(8-19-11)14-13(17)15-12/h3-4,9-10,14-15,17H,1-2,5-8,11-12H2,(H2,20,21,23);10-12,18H,1-8H2,(H2,14,15,17). The number of amides is 4. The number of thiol groups is 1. The smallest absolute Gasteiger partial charge is 0.315 e. The number of urea groups is 2. The first-order chi connectivity index (χ1) is 21.9. The van der Waals surface area contributed by atoms with Crippen molar-refractivity contribution in [3.05, 3.63) is 24.4 Å². The molecule has 4 aliphatic rings. The van der Waals surface area contributed by atoms with Crippen molar-refractivity contribution in [1.29, 1.82) is 0 Å². The SMILES string of the molecule is O=C(CCCCC1SCC2NC(=O)NC21)CCCSSc1ccccn1.O=C(CCCS)CCCCC1SCC2NC(=O)NC21. The maximum atomic E-state index is 12.0. The number of nitrogens with zero attached hydrogens (tertiary/aromatic N) is 1. The third kappa shape index (κ3) is 12.7. The summed E-state index contributed by atoms with van der Waals surface area (Å²) in [5.41, 5.74) is 0. The Balaban J connectivity index is 0.000000215. The van der Waals surface area contributed by atoms with Gasteiger partial charge in [0, 0.05) is 59.6 Å². The molecular weight excluding hydrogens is 667 g/mol. The Hall–Kier alpha value is -1.22. The number of hydrogen-bond donors (Lipinski definition) is 5. The fraction of sp³-hybridized carbons (Fsp3) is 0.710. The van der Waals surface area contributed by atoms with Crippen LogP contribution in [-0.2, 0) is 9.59 Å². The van der Waals surface area contributed by atoms with E-state index in [4.69, 9.17) is 0 Å². The van der Waals surface area contributed by atoms with Crippen LogP contribution in [0, 0.1) is 0 Å². The first-order valence-electron chi connectivity index (χ1n) is 16.1. The lowest BCUT2D eigenvalue weighted by Crippen LogP contribution is -2.36. The number of aromatic nitrogens is 1. The largest absolute Gasteiger partial charge is 0.332 e. The Kier molecular flexibility index (Phi) is 16.4. The number of Topliss-reactive ketones (excluding diaryl/α,β-unsaturated/α-hetero) is 2. The second kappa shape index (κ2) is 20.2. The highest BCUT2D eigenvalue weighted by Gasteiger charge is 2.43. The van der Waals surface area contributed by atoms with Gasteiger partial charge in [0.1, 0.15) is 16.6 Å². The zero-order valence-corrected chi connectivity index (χ0v) is 29.9. The fourth-order valence-corrected chi connectivity index (χ4v) is 11.2. The normalized spacial score (nSPS) is 26.2. The highest BCUT2D eigenvalue weighted by molar-refractivity contribution is 8.76. The van der Waals surface area contributed by atoms with Gasteiger partial charge in [-0.1, -0.05) is 29.7 Å². The number of nitrogens with one attached hydrogen (secondary N) is 4. The van der Waals surface area contributed by atoms with Gasteiger partial charge in [0.05, 0.1) is 24.2 Å². The summed E-state index contributed by atoms with van der Waals surface area (Å²) in [5, 5.41) is 14.0. The topological polar surface area (TPSA) is 129 Å². The summed E-state index contributed by atoms with van der Waals surface area (Å²) in [6.45, 7) is 0. The third-order valence-corrected chi connectivity index (χ3v) is 14.0. The second-order valence-corrected chi connectivity index (χ2v) is 17.2. The molecule has 0 aliphatic carbocycles. The van der Waals surface area contributed by atoms with Gasteiger partial charge >= 0.3 is 12.1 Å². The van der Waals surface area contributed by atoms with Crippen LogP contribution >= 0.6 is 57.7 Å². The summed E-state index contributed by atoms with van der Waals surface area (Å²) >= 11 is 7.99. The number of carbonyl (C=O) groups excluding carboxylic acids is 4. The summed E-state index contributed by atoms with van der Waals surface area (Å²) in [6, 6.07) is 7.01. The van der Waals surface area contributed by atoms with E-state index < -0.39 is 0 Å². The molecule has 0 saturated carbocycles. The van der Waals surface area contributed by atoms with Gasteiger partial charge in [0.25, 0.3) is 0 Å². The lowest BCUT2D eigenvalue weighted by atomic mass is 10.0. The van der Waals surface area contributed by atoms with Gasteiger partial charge in [-0.05, 0) is 67.2 Å². The maximum Gasteiger partial charge on any atom is 0.315 e. The number of carbonyl (C=O) groups is 4. The molecule has 5 rings (SSSR count). The monoisotopic (exact) mass is 713 g/mol. The highest BCUT2D eigenvalue weighted by Crippen LogP contribution is 2.34. The molecule has 250 valence electrons. The zero-order valence-electron chi connectivity index (χ0n) is 25.7. The summed E-state index contributed by atoms with van der Waals surface area (Å²) in [6.07, 6.45) is 12.6. The molecular formula is C31H47N5O4S5. The van der Waals surface area contributed by atoms with E-state index >= 15 is 0 Å². The third-order valence-electron chi connectivity index (χ3n) is 8.34. The van der Waals surface area contributed by atoms with Crippen LogP contribution in [0.3, 0.4) is 0 Å². The van der Waals surface area contributed by atoms with E-state index in [1.807, 2.05) is 41.7 Å². The lowest BCUT2D eigenvalue weighted by Gasteiger charge is -2.16. The number of fused-ring (bicyclic) bond motifs is 2. The second-order valence-electron chi connectivity index (χ2n) is 11.8. The molecule has 5 heterocycles. The molecule has 45 heavy (non-hydrogen) atoms. The molecule has 6 atom stereocenters. The molecule has 4 saturated heterocycles. The Bertz CT molecular complexity index is 1100. The average Bonchev–Trinajstić information content (AvgIpc) is 3.79. The Morgan fingerprint density at radius 3 is 1.87 bits per heavy atom. The molecule has 4 fully saturated rings. The maximum absolute atomic E-state index is 12.0. The first kappa shape index (κ1) is 36.6. The first-order valence-corrected chi connectivity index (χ1v) is 21.2. The molecule has 0 bridgehead atoms. The summed E-state index contributed by atoms with van der Waals surface area (Å²) in [5.74, 6) is 4.51. The van der Waals surface area contributed by atoms with E-state index in [0.717, 1.165) is 79.4 Å². The molecule has 1 aromatic rings. The van der Waals surface area contributed by atoms with Crippen molar-refractivity contribution < 1.29 is 19.2 Å². The van der Waals surface area contributed by atoms with Gasteiger partial charge in [-0.15, -0.1) is 0 Å². The molecule has 0 spiro atoms. The number of thioether (sulfide) groups is 2. The summed E-state index contributed by atoms with van der Waals surface area (Å²) in [4.78, 5) is 50.4. The Morgan fingerprint density at radius 2 is 1.33 bits per heavy atom. The van der Waals surface area contributed by atoms with Gasteiger partial charge in [-0.2, -0.15) is 36.2 Å². The van der Waals surface area contributed by atoms with E-state index in [-0.39, 0.29) is 24.1 Å². The lowest BCUT2D eigenvalue weighted by molar-refractivity contribution is -0.120. The molecule has 4 aliphatic heterocycles. The molecule has 1 aromatic heterocycles. The number of hydrogen-bond acceptors (Lipinski definition) is 10. The van der Waals surface area contributed by atoms with Gasteiger partial charge < -0.3 is 21.3 Å². The van der Waals surface area contributed by atoms with E-state index in [1.54, 1.807) is 27.8 Å². The van der Waals surface area contributed by atoms with Crippen molar-refractivity contribution in [3.8, 4) is 0 Å². The van der Waals surface area contributed by atoms with Crippen LogP contribution in [-0.4, -0.2) is 86.3 Å². The van der Waals surface area contributed by atoms with Crippen LogP contribution in [0.15, 0.2) is 29.4 Å². The highest BCUT2D eigenvalue weighted by atomic mass is 33.1. The van der Waals surface area contributed by atoms with Crippen LogP contribution < -0.4 is 21.3 Å². The molecule has 9 nitrogen and oxygen atoms in total. The number of unbranched alkanes of at least 4 members (excludes halogenated alkanes) is 2. The van der Waals surface area contributed by atoms with Crippen molar-refractivity contribution in [2.75, 3.05) is 23.0 Å². The molecule has 4 amide bonds. The summed E-state index contributed by atoms with van der Waals surface area (Å²) < 4.78 is 0.